The van der Waals surface area contributed by atoms with Gasteiger partial charge in [-0.1, -0.05) is 30.3 Å². The molecule has 2 aromatic carbocycles. The molecule has 3 rings (SSSR count). The van der Waals surface area contributed by atoms with E-state index in [0.717, 1.165) is 30.1 Å². The van der Waals surface area contributed by atoms with Gasteiger partial charge >= 0.3 is 0 Å². The van der Waals surface area contributed by atoms with Crippen LogP contribution in [0.2, 0.25) is 0 Å². The molecule has 0 saturated carbocycles. The zero-order valence-electron chi connectivity index (χ0n) is 12.7. The van der Waals surface area contributed by atoms with Crippen molar-refractivity contribution in [2.24, 2.45) is 0 Å². The van der Waals surface area contributed by atoms with Crippen molar-refractivity contribution in [2.75, 3.05) is 25.5 Å². The monoisotopic (exact) mass is 296 g/mol. The molecule has 0 aliphatic carbocycles. The molecule has 0 radical (unpaired) electrons. The van der Waals surface area contributed by atoms with Gasteiger partial charge in [-0.15, -0.1) is 0 Å². The maximum atomic E-state index is 12.6. The van der Waals surface area contributed by atoms with Crippen molar-refractivity contribution in [3.05, 3.63) is 59.7 Å². The Hall–Kier alpha value is -2.49. The molecule has 4 nitrogen and oxygen atoms in total. The molecule has 0 aromatic heterocycles. The smallest absolute Gasteiger partial charge is 0.227 e. The third-order valence-corrected chi connectivity index (χ3v) is 3.92. The Bertz CT molecular complexity index is 670. The topological polar surface area (TPSA) is 41.6 Å². The van der Waals surface area contributed by atoms with Gasteiger partial charge in [-0.3, -0.25) is 4.79 Å². The van der Waals surface area contributed by atoms with Crippen LogP contribution in [0.15, 0.2) is 48.5 Å². The SMILES string of the molecule is COc1cccc(CC(=O)N2CCNc3ccccc3C2)c1. The second-order valence-electron chi connectivity index (χ2n) is 5.43. The van der Waals surface area contributed by atoms with E-state index in [9.17, 15) is 4.79 Å². The molecular weight excluding hydrogens is 276 g/mol. The van der Waals surface area contributed by atoms with Gasteiger partial charge in [0.2, 0.25) is 5.91 Å². The highest BCUT2D eigenvalue weighted by atomic mass is 16.5. The number of nitrogens with one attached hydrogen (secondary N) is 1. The number of hydrogen-bond donors (Lipinski definition) is 1. The van der Waals surface area contributed by atoms with Gasteiger partial charge in [-0.05, 0) is 29.3 Å². The van der Waals surface area contributed by atoms with Gasteiger partial charge in [0, 0.05) is 25.3 Å². The summed E-state index contributed by atoms with van der Waals surface area (Å²) in [5, 5.41) is 3.38. The Morgan fingerprint density at radius 2 is 2.09 bits per heavy atom. The van der Waals surface area contributed by atoms with Crippen LogP contribution in [0.5, 0.6) is 5.75 Å². The normalized spacial score (nSPS) is 13.8. The van der Waals surface area contributed by atoms with Crippen LogP contribution in [-0.2, 0) is 17.8 Å². The molecule has 22 heavy (non-hydrogen) atoms. The number of anilines is 1. The summed E-state index contributed by atoms with van der Waals surface area (Å²) in [6, 6.07) is 15.8. The third-order valence-electron chi connectivity index (χ3n) is 3.92. The van der Waals surface area contributed by atoms with Gasteiger partial charge in [0.05, 0.1) is 13.5 Å². The highest BCUT2D eigenvalue weighted by molar-refractivity contribution is 5.79. The van der Waals surface area contributed by atoms with Crippen molar-refractivity contribution < 1.29 is 9.53 Å². The molecule has 0 unspecified atom stereocenters. The van der Waals surface area contributed by atoms with Crippen LogP contribution >= 0.6 is 0 Å². The average Bonchev–Trinajstić information content (AvgIpc) is 2.77. The number of ether oxygens (including phenoxy) is 1. The van der Waals surface area contributed by atoms with Gasteiger partial charge in [-0.2, -0.15) is 0 Å². The second-order valence-corrected chi connectivity index (χ2v) is 5.43. The van der Waals surface area contributed by atoms with Crippen LogP contribution in [-0.4, -0.2) is 31.0 Å². The van der Waals surface area contributed by atoms with E-state index >= 15 is 0 Å². The molecule has 1 heterocycles. The number of amides is 1. The Labute approximate surface area is 130 Å². The summed E-state index contributed by atoms with van der Waals surface area (Å²) in [5.41, 5.74) is 3.27. The lowest BCUT2D eigenvalue weighted by atomic mass is 10.1. The molecule has 4 heteroatoms. The predicted molar refractivity (Wildman–Crippen MR) is 87.0 cm³/mol. The molecule has 0 saturated heterocycles. The molecule has 0 bridgehead atoms. The lowest BCUT2D eigenvalue weighted by Crippen LogP contribution is -2.33. The summed E-state index contributed by atoms with van der Waals surface area (Å²) in [5.74, 6) is 0.930. The molecule has 1 aliphatic heterocycles. The standard InChI is InChI=1S/C18H20N2O2/c1-22-16-7-4-5-14(11-16)12-18(21)20-10-9-19-17-8-3-2-6-15(17)13-20/h2-8,11,19H,9-10,12-13H2,1H3. The molecule has 0 fully saturated rings. The van der Waals surface area contributed by atoms with Crippen LogP contribution in [0.3, 0.4) is 0 Å². The Morgan fingerprint density at radius 3 is 2.95 bits per heavy atom. The van der Waals surface area contributed by atoms with Crippen molar-refractivity contribution in [3.8, 4) is 5.75 Å². The number of para-hydroxylation sites is 1. The molecule has 1 aliphatic rings. The van der Waals surface area contributed by atoms with Gasteiger partial charge in [0.15, 0.2) is 0 Å². The largest absolute Gasteiger partial charge is 0.497 e. The van der Waals surface area contributed by atoms with Crippen molar-refractivity contribution in [3.63, 3.8) is 0 Å². The van der Waals surface area contributed by atoms with E-state index < -0.39 is 0 Å². The molecule has 1 N–H and O–H groups in total. The number of hydrogen-bond acceptors (Lipinski definition) is 3. The van der Waals surface area contributed by atoms with Crippen LogP contribution < -0.4 is 10.1 Å². The van der Waals surface area contributed by atoms with Gasteiger partial charge in [-0.25, -0.2) is 0 Å². The lowest BCUT2D eigenvalue weighted by molar-refractivity contribution is -0.130. The van der Waals surface area contributed by atoms with E-state index in [1.165, 1.54) is 5.56 Å². The summed E-state index contributed by atoms with van der Waals surface area (Å²) < 4.78 is 5.21. The predicted octanol–water partition coefficient (Wildman–Crippen LogP) is 2.69. The van der Waals surface area contributed by atoms with Crippen molar-refractivity contribution in [1.29, 1.82) is 0 Å². The van der Waals surface area contributed by atoms with Crippen LogP contribution in [0.4, 0.5) is 5.69 Å². The minimum atomic E-state index is 0.145. The summed E-state index contributed by atoms with van der Waals surface area (Å²) >= 11 is 0. The molecule has 2 aromatic rings. The number of carbonyl (C=O) groups excluding carboxylic acids is 1. The minimum absolute atomic E-state index is 0.145. The lowest BCUT2D eigenvalue weighted by Gasteiger charge is -2.20. The van der Waals surface area contributed by atoms with Crippen LogP contribution in [0.25, 0.3) is 0 Å². The Balaban J connectivity index is 1.72. The molecule has 0 spiro atoms. The van der Waals surface area contributed by atoms with E-state index in [4.69, 9.17) is 4.74 Å². The number of fused-ring (bicyclic) bond motifs is 1. The minimum Gasteiger partial charge on any atom is -0.497 e. The number of methoxy groups -OCH3 is 1. The maximum absolute atomic E-state index is 12.6. The van der Waals surface area contributed by atoms with E-state index in [2.05, 4.69) is 17.4 Å². The van der Waals surface area contributed by atoms with Gasteiger partial charge in [0.1, 0.15) is 5.75 Å². The first kappa shape index (κ1) is 14.4. The first-order chi connectivity index (χ1) is 10.8. The Kier molecular flexibility index (Phi) is 4.28. The average molecular weight is 296 g/mol. The number of benzene rings is 2. The summed E-state index contributed by atoms with van der Waals surface area (Å²) in [6.45, 7) is 2.16. The fourth-order valence-electron chi connectivity index (χ4n) is 2.72. The van der Waals surface area contributed by atoms with Crippen LogP contribution in [0, 0.1) is 0 Å². The first-order valence-electron chi connectivity index (χ1n) is 7.49. The fourth-order valence-corrected chi connectivity index (χ4v) is 2.72. The second kappa shape index (κ2) is 6.52. The summed E-state index contributed by atoms with van der Waals surface area (Å²) in [7, 11) is 1.64. The zero-order chi connectivity index (χ0) is 15.4. The molecule has 114 valence electrons. The fraction of sp³-hybridized carbons (Fsp3) is 0.278. The van der Waals surface area contributed by atoms with Crippen molar-refractivity contribution >= 4 is 11.6 Å². The number of carbonyl (C=O) groups is 1. The Morgan fingerprint density at radius 1 is 1.23 bits per heavy atom. The first-order valence-corrected chi connectivity index (χ1v) is 7.49. The number of nitrogens with zero attached hydrogens (tertiary/aromatic N) is 1. The van der Waals surface area contributed by atoms with Crippen molar-refractivity contribution in [2.45, 2.75) is 13.0 Å². The van der Waals surface area contributed by atoms with E-state index in [1.807, 2.05) is 41.3 Å². The summed E-state index contributed by atoms with van der Waals surface area (Å²) in [6.07, 6.45) is 0.402. The maximum Gasteiger partial charge on any atom is 0.227 e. The van der Waals surface area contributed by atoms with E-state index in [1.54, 1.807) is 7.11 Å². The highest BCUT2D eigenvalue weighted by Crippen LogP contribution is 2.20. The van der Waals surface area contributed by atoms with Crippen LogP contribution in [0.1, 0.15) is 11.1 Å². The van der Waals surface area contributed by atoms with E-state index in [0.29, 0.717) is 13.0 Å². The molecular formula is C18H20N2O2. The van der Waals surface area contributed by atoms with Gasteiger partial charge in [0.25, 0.3) is 0 Å². The highest BCUT2D eigenvalue weighted by Gasteiger charge is 2.18. The molecule has 0 atom stereocenters. The quantitative estimate of drug-likeness (QED) is 0.947. The van der Waals surface area contributed by atoms with Gasteiger partial charge < -0.3 is 15.0 Å². The molecule has 1 amide bonds. The number of rotatable bonds is 3. The zero-order valence-corrected chi connectivity index (χ0v) is 12.7. The third kappa shape index (κ3) is 3.22. The van der Waals surface area contributed by atoms with Crippen molar-refractivity contribution in [1.82, 2.24) is 4.90 Å². The summed E-state index contributed by atoms with van der Waals surface area (Å²) in [4.78, 5) is 14.5. The van der Waals surface area contributed by atoms with E-state index in [-0.39, 0.29) is 5.91 Å².